The predicted molar refractivity (Wildman–Crippen MR) is 65.1 cm³/mol. The van der Waals surface area contributed by atoms with Gasteiger partial charge in [-0.15, -0.1) is 0 Å². The number of aromatic carboxylic acids is 2. The number of carbonyl (C=O) groups excluding carboxylic acids is 1. The lowest BCUT2D eigenvalue weighted by Crippen LogP contribution is -2.16. The SMILES string of the molecule is O=C(OCCO)c1cc(C(=O)O)c(C(=O)O)cc1COO. The number of aliphatic hydroxyl groups excluding tert-OH is 1. The van der Waals surface area contributed by atoms with Crippen molar-refractivity contribution in [2.45, 2.75) is 6.61 Å². The van der Waals surface area contributed by atoms with Crippen LogP contribution in [0.5, 0.6) is 0 Å². The first-order valence-electron chi connectivity index (χ1n) is 5.60. The topological polar surface area (TPSA) is 151 Å². The van der Waals surface area contributed by atoms with E-state index in [1.165, 1.54) is 0 Å². The smallest absolute Gasteiger partial charge is 0.338 e. The van der Waals surface area contributed by atoms with E-state index in [0.717, 1.165) is 12.1 Å². The van der Waals surface area contributed by atoms with Gasteiger partial charge in [-0.2, -0.15) is 0 Å². The summed E-state index contributed by atoms with van der Waals surface area (Å²) in [4.78, 5) is 37.7. The average Bonchev–Trinajstić information content (AvgIpc) is 2.44. The van der Waals surface area contributed by atoms with Crippen LogP contribution in [0.4, 0.5) is 0 Å². The molecule has 114 valence electrons. The fraction of sp³-hybridized carbons (Fsp3) is 0.250. The van der Waals surface area contributed by atoms with E-state index in [0.29, 0.717) is 0 Å². The molecule has 4 N–H and O–H groups in total. The van der Waals surface area contributed by atoms with Gasteiger partial charge in [0.1, 0.15) is 13.2 Å². The van der Waals surface area contributed by atoms with Crippen LogP contribution >= 0.6 is 0 Å². The average molecular weight is 300 g/mol. The van der Waals surface area contributed by atoms with Crippen LogP contribution in [-0.2, 0) is 16.2 Å². The minimum Gasteiger partial charge on any atom is -0.478 e. The zero-order valence-electron chi connectivity index (χ0n) is 10.6. The number of hydrogen-bond acceptors (Lipinski definition) is 7. The Kier molecular flexibility index (Phi) is 5.79. The predicted octanol–water partition coefficient (Wildman–Crippen LogP) is 0.222. The third-order valence-electron chi connectivity index (χ3n) is 2.47. The van der Waals surface area contributed by atoms with E-state index in [4.69, 9.17) is 20.6 Å². The Bertz CT molecular complexity index is 564. The Hall–Kier alpha value is -2.49. The Morgan fingerprint density at radius 2 is 1.57 bits per heavy atom. The van der Waals surface area contributed by atoms with Gasteiger partial charge in [0.15, 0.2) is 0 Å². The summed E-state index contributed by atoms with van der Waals surface area (Å²) in [5.74, 6) is -4.03. The summed E-state index contributed by atoms with van der Waals surface area (Å²) >= 11 is 0. The molecule has 1 aromatic rings. The maximum absolute atomic E-state index is 11.7. The number of aliphatic hydroxyl groups is 1. The number of esters is 1. The molecule has 0 heterocycles. The number of carboxylic acids is 2. The van der Waals surface area contributed by atoms with Crippen LogP contribution in [0.2, 0.25) is 0 Å². The Balaban J connectivity index is 3.39. The first-order valence-corrected chi connectivity index (χ1v) is 5.60. The van der Waals surface area contributed by atoms with Crippen LogP contribution in [0.15, 0.2) is 12.1 Å². The number of carbonyl (C=O) groups is 3. The molecule has 0 radical (unpaired) electrons. The number of rotatable bonds is 7. The van der Waals surface area contributed by atoms with Crippen molar-refractivity contribution in [3.8, 4) is 0 Å². The van der Waals surface area contributed by atoms with Crippen molar-refractivity contribution < 1.29 is 44.6 Å². The minimum absolute atomic E-state index is 0.0668. The highest BCUT2D eigenvalue weighted by molar-refractivity contribution is 6.04. The van der Waals surface area contributed by atoms with Crippen LogP contribution in [0.1, 0.15) is 36.6 Å². The van der Waals surface area contributed by atoms with Crippen molar-refractivity contribution in [3.63, 3.8) is 0 Å². The fourth-order valence-electron chi connectivity index (χ4n) is 1.59. The van der Waals surface area contributed by atoms with Gasteiger partial charge < -0.3 is 20.1 Å². The molecule has 0 aliphatic rings. The molecular formula is C12H12O9. The summed E-state index contributed by atoms with van der Waals surface area (Å²) in [6.07, 6.45) is 0. The van der Waals surface area contributed by atoms with Crippen LogP contribution in [0.3, 0.4) is 0 Å². The summed E-state index contributed by atoms with van der Waals surface area (Å²) in [7, 11) is 0. The molecule has 0 saturated carbocycles. The Morgan fingerprint density at radius 3 is 2.05 bits per heavy atom. The van der Waals surface area contributed by atoms with Crippen LogP contribution < -0.4 is 0 Å². The quantitative estimate of drug-likeness (QED) is 0.315. The molecule has 0 amide bonds. The van der Waals surface area contributed by atoms with Gasteiger partial charge in [-0.25, -0.2) is 19.3 Å². The maximum Gasteiger partial charge on any atom is 0.338 e. The van der Waals surface area contributed by atoms with Crippen molar-refractivity contribution >= 4 is 17.9 Å². The van der Waals surface area contributed by atoms with Crippen LogP contribution in [0, 0.1) is 0 Å². The summed E-state index contributed by atoms with van der Waals surface area (Å²) in [5, 5.41) is 35.0. The lowest BCUT2D eigenvalue weighted by atomic mass is 9.98. The molecule has 0 aliphatic carbocycles. The molecule has 0 unspecified atom stereocenters. The van der Waals surface area contributed by atoms with Gasteiger partial charge >= 0.3 is 17.9 Å². The lowest BCUT2D eigenvalue weighted by Gasteiger charge is -2.11. The zero-order chi connectivity index (χ0) is 16.0. The molecule has 0 bridgehead atoms. The monoisotopic (exact) mass is 300 g/mol. The molecule has 0 saturated heterocycles. The first kappa shape index (κ1) is 16.6. The summed E-state index contributed by atoms with van der Waals surface area (Å²) in [5.41, 5.74) is -1.52. The van der Waals surface area contributed by atoms with Crippen molar-refractivity contribution in [2.75, 3.05) is 13.2 Å². The largest absolute Gasteiger partial charge is 0.478 e. The molecule has 0 atom stereocenters. The van der Waals surface area contributed by atoms with E-state index in [1.807, 2.05) is 0 Å². The van der Waals surface area contributed by atoms with Gasteiger partial charge in [0.25, 0.3) is 0 Å². The van der Waals surface area contributed by atoms with E-state index < -0.39 is 42.2 Å². The number of ether oxygens (including phenoxy) is 1. The number of hydrogen-bond donors (Lipinski definition) is 4. The molecule has 0 aliphatic heterocycles. The van der Waals surface area contributed by atoms with Gasteiger partial charge in [-0.1, -0.05) is 0 Å². The van der Waals surface area contributed by atoms with Gasteiger partial charge in [0.2, 0.25) is 0 Å². The normalized spacial score (nSPS) is 10.2. The molecule has 9 nitrogen and oxygen atoms in total. The molecule has 21 heavy (non-hydrogen) atoms. The molecule has 1 rings (SSSR count). The second-order valence-electron chi connectivity index (χ2n) is 3.80. The molecule has 0 aromatic heterocycles. The van der Waals surface area contributed by atoms with Crippen molar-refractivity contribution in [3.05, 3.63) is 34.4 Å². The molecule has 9 heteroatoms. The minimum atomic E-state index is -1.54. The maximum atomic E-state index is 11.7. The highest BCUT2D eigenvalue weighted by atomic mass is 17.1. The molecule has 0 fully saturated rings. The zero-order valence-corrected chi connectivity index (χ0v) is 10.6. The molecule has 1 aromatic carbocycles. The van der Waals surface area contributed by atoms with E-state index in [-0.39, 0.29) is 17.7 Å². The van der Waals surface area contributed by atoms with E-state index in [1.54, 1.807) is 0 Å². The summed E-state index contributed by atoms with van der Waals surface area (Å²) in [6, 6.07) is 1.72. The second kappa shape index (κ2) is 7.33. The fourth-order valence-corrected chi connectivity index (χ4v) is 1.59. The third-order valence-corrected chi connectivity index (χ3v) is 2.47. The number of benzene rings is 1. The van der Waals surface area contributed by atoms with Crippen molar-refractivity contribution in [1.29, 1.82) is 0 Å². The summed E-state index contributed by atoms with van der Waals surface area (Å²) < 4.78 is 4.63. The van der Waals surface area contributed by atoms with Gasteiger partial charge in [0.05, 0.1) is 23.3 Å². The van der Waals surface area contributed by atoms with Crippen molar-refractivity contribution in [1.82, 2.24) is 0 Å². The summed E-state index contributed by atoms with van der Waals surface area (Å²) in [6.45, 7) is -1.29. The highest BCUT2D eigenvalue weighted by Gasteiger charge is 2.23. The second-order valence-corrected chi connectivity index (χ2v) is 3.80. The van der Waals surface area contributed by atoms with Gasteiger partial charge in [-0.3, -0.25) is 5.26 Å². The third kappa shape index (κ3) is 3.99. The van der Waals surface area contributed by atoms with E-state index in [9.17, 15) is 14.4 Å². The van der Waals surface area contributed by atoms with Gasteiger partial charge in [-0.05, 0) is 17.7 Å². The highest BCUT2D eigenvalue weighted by Crippen LogP contribution is 2.20. The van der Waals surface area contributed by atoms with Crippen molar-refractivity contribution in [2.24, 2.45) is 0 Å². The van der Waals surface area contributed by atoms with Gasteiger partial charge in [0, 0.05) is 0 Å². The Labute approximate surface area is 117 Å². The number of carboxylic acid groups (broad SMARTS) is 2. The first-order chi connectivity index (χ1) is 9.92. The standard InChI is InChI=1S/C12H12O9/c13-1-2-20-12(18)7-4-9(11(16)17)8(10(14)15)3-6(7)5-21-19/h3-4,13,19H,1-2,5H2,(H,14,15)(H,16,17). The lowest BCUT2D eigenvalue weighted by molar-refractivity contribution is -0.253. The van der Waals surface area contributed by atoms with Crippen LogP contribution in [-0.4, -0.2) is 51.7 Å². The molecule has 0 spiro atoms. The Morgan fingerprint density at radius 1 is 1.00 bits per heavy atom. The van der Waals surface area contributed by atoms with Crippen LogP contribution in [0.25, 0.3) is 0 Å². The van der Waals surface area contributed by atoms with E-state index in [2.05, 4.69) is 9.62 Å². The molecular weight excluding hydrogens is 288 g/mol. The van der Waals surface area contributed by atoms with E-state index >= 15 is 0 Å².